The van der Waals surface area contributed by atoms with Gasteiger partial charge in [0.2, 0.25) is 0 Å². The largest absolute Gasteiger partial charge is 0.398 e. The molecule has 0 spiro atoms. The molecule has 2 aliphatic rings. The van der Waals surface area contributed by atoms with E-state index in [0.29, 0.717) is 53.4 Å². The van der Waals surface area contributed by atoms with Gasteiger partial charge in [-0.1, -0.05) is 48.0 Å². The number of aliphatic imine (C=N–C) groups is 1. The number of nitrogen functional groups attached to an aromatic ring is 1. The summed E-state index contributed by atoms with van der Waals surface area (Å²) in [6, 6.07) is 8.62. The number of hydrogen-bond donors (Lipinski definition) is 3. The number of nitrogens with zero attached hydrogens (tertiary/aromatic N) is 3. The third kappa shape index (κ3) is 12.3. The molecule has 2 aliphatic carbocycles. The van der Waals surface area contributed by atoms with Crippen LogP contribution in [0.3, 0.4) is 0 Å². The molecule has 1 amide bonds. The maximum atomic E-state index is 15.0. The SMILES string of the molecule is C#CN.C=C.CC.CC.CCC(C)c1cc(C(CNC(=O)c2cc(C)c(N)c(/C=N/C3(F)CC3)c2)C2CC2)nc(-c2cc(CF)ncc2F)c1C. The second kappa shape index (κ2) is 21.5. The normalized spacial score (nSPS) is 14.7. The Balaban J connectivity index is 0.00000133. The van der Waals surface area contributed by atoms with Gasteiger partial charge in [-0.05, 0) is 91.9 Å². The summed E-state index contributed by atoms with van der Waals surface area (Å²) in [4.78, 5) is 26.2. The molecular formula is C41H57F3N6O. The molecule has 51 heavy (non-hydrogen) atoms. The van der Waals surface area contributed by atoms with E-state index in [9.17, 15) is 13.6 Å². The molecule has 2 unspecified atom stereocenters. The Labute approximate surface area is 303 Å². The molecule has 3 aromatic rings. The van der Waals surface area contributed by atoms with Crippen LogP contribution >= 0.6 is 0 Å². The lowest BCUT2D eigenvalue weighted by atomic mass is 9.88. The number of terminal acetylenes is 1. The molecule has 7 nitrogen and oxygen atoms in total. The van der Waals surface area contributed by atoms with Crippen molar-refractivity contribution in [1.29, 1.82) is 0 Å². The van der Waals surface area contributed by atoms with Crippen molar-refractivity contribution in [2.45, 2.75) is 112 Å². The molecule has 2 fully saturated rings. The number of hydrogen-bond acceptors (Lipinski definition) is 6. The smallest absolute Gasteiger partial charge is 0.251 e. The monoisotopic (exact) mass is 706 g/mol. The van der Waals surface area contributed by atoms with Crippen LogP contribution in [0.15, 0.2) is 48.6 Å². The number of amides is 1. The molecule has 1 aromatic carbocycles. The third-order valence-electron chi connectivity index (χ3n) is 8.61. The Morgan fingerprint density at radius 1 is 1.18 bits per heavy atom. The number of nitrogens with one attached hydrogen (secondary N) is 1. The first kappa shape index (κ1) is 44.4. The van der Waals surface area contributed by atoms with Gasteiger partial charge in [-0.2, -0.15) is 0 Å². The second-order valence-corrected chi connectivity index (χ2v) is 12.0. The van der Waals surface area contributed by atoms with Crippen LogP contribution in [0.2, 0.25) is 0 Å². The minimum Gasteiger partial charge on any atom is -0.398 e. The number of aromatic nitrogens is 2. The summed E-state index contributed by atoms with van der Waals surface area (Å²) in [5.41, 5.74) is 16.2. The van der Waals surface area contributed by atoms with Crippen molar-refractivity contribution < 1.29 is 18.0 Å². The minimum atomic E-state index is -1.52. The molecule has 2 aromatic heterocycles. The van der Waals surface area contributed by atoms with Gasteiger partial charge in [0.05, 0.1) is 17.6 Å². The van der Waals surface area contributed by atoms with Gasteiger partial charge in [-0.25, -0.2) is 13.2 Å². The van der Waals surface area contributed by atoms with Gasteiger partial charge in [-0.3, -0.25) is 19.8 Å². The maximum Gasteiger partial charge on any atom is 0.251 e. The van der Waals surface area contributed by atoms with E-state index in [4.69, 9.17) is 10.7 Å². The molecule has 0 bridgehead atoms. The van der Waals surface area contributed by atoms with Crippen LogP contribution in [0.25, 0.3) is 11.3 Å². The zero-order valence-corrected chi connectivity index (χ0v) is 31.7. The quantitative estimate of drug-likeness (QED) is 0.0458. The fourth-order valence-electron chi connectivity index (χ4n) is 5.37. The van der Waals surface area contributed by atoms with Gasteiger partial charge in [0.1, 0.15) is 6.67 Å². The molecule has 0 saturated heterocycles. The number of alkyl halides is 2. The molecule has 5 N–H and O–H groups in total. The summed E-state index contributed by atoms with van der Waals surface area (Å²) < 4.78 is 42.6. The van der Waals surface area contributed by atoms with Gasteiger partial charge >= 0.3 is 0 Å². The van der Waals surface area contributed by atoms with E-state index in [0.717, 1.165) is 42.3 Å². The number of carbonyl (C=O) groups excluding carboxylic acids is 1. The number of halogens is 3. The summed E-state index contributed by atoms with van der Waals surface area (Å²) in [5.74, 6) is -1.90. The fourth-order valence-corrected chi connectivity index (χ4v) is 5.37. The Hall–Kier alpha value is -4.65. The molecule has 5 rings (SSSR count). The highest BCUT2D eigenvalue weighted by Crippen LogP contribution is 2.44. The van der Waals surface area contributed by atoms with Crippen LogP contribution in [0.4, 0.5) is 18.9 Å². The first-order valence-electron chi connectivity index (χ1n) is 17.8. The van der Waals surface area contributed by atoms with Crippen molar-refractivity contribution >= 4 is 17.8 Å². The Morgan fingerprint density at radius 2 is 1.78 bits per heavy atom. The van der Waals surface area contributed by atoms with Gasteiger partial charge in [0.25, 0.3) is 5.91 Å². The summed E-state index contributed by atoms with van der Waals surface area (Å²) in [7, 11) is 0. The number of carbonyl (C=O) groups is 1. The standard InChI is InChI=1S/C33H38F3N5O.C2H3N.2C2H6.C2H4/c1-5-18(2)25-13-29(41-31(20(25)4)26-12-24(14-34)38-17-28(26)35)27(21-6-7-21)16-39-32(42)22-10-19(3)30(37)23(11-22)15-40-33(36)8-9-33;1-2-3;3*1-2/h10-13,15,17-18,21,27H,5-9,14,16,37H2,1-4H3,(H,39,42);1H,3H2;2*1-2H3;1-2H2/b40-15+;;;;. The zero-order valence-electron chi connectivity index (χ0n) is 31.7. The minimum absolute atomic E-state index is 0.0844. The lowest BCUT2D eigenvalue weighted by molar-refractivity contribution is 0.0950. The number of pyridine rings is 2. The van der Waals surface area contributed by atoms with Gasteiger partial charge < -0.3 is 16.8 Å². The van der Waals surface area contributed by atoms with E-state index in [1.165, 1.54) is 12.3 Å². The predicted molar refractivity (Wildman–Crippen MR) is 207 cm³/mol. The van der Waals surface area contributed by atoms with E-state index in [1.54, 1.807) is 25.1 Å². The lowest BCUT2D eigenvalue weighted by Crippen LogP contribution is -2.30. The van der Waals surface area contributed by atoms with Crippen molar-refractivity contribution in [3.63, 3.8) is 0 Å². The Bertz CT molecular complexity index is 1640. The van der Waals surface area contributed by atoms with E-state index in [-0.39, 0.29) is 29.0 Å². The molecular weight excluding hydrogens is 649 g/mol. The lowest BCUT2D eigenvalue weighted by Gasteiger charge is -2.23. The maximum absolute atomic E-state index is 15.0. The summed E-state index contributed by atoms with van der Waals surface area (Å²) >= 11 is 0. The van der Waals surface area contributed by atoms with Crippen LogP contribution in [-0.4, -0.2) is 34.4 Å². The summed E-state index contributed by atoms with van der Waals surface area (Å²) in [5, 5.41) is 3.07. The summed E-state index contributed by atoms with van der Waals surface area (Å²) in [6.45, 7) is 21.5. The second-order valence-electron chi connectivity index (χ2n) is 12.0. The summed E-state index contributed by atoms with van der Waals surface area (Å²) in [6.07, 6.45) is 10.5. The van der Waals surface area contributed by atoms with E-state index in [2.05, 4.69) is 60.5 Å². The highest BCUT2D eigenvalue weighted by atomic mass is 19.1. The van der Waals surface area contributed by atoms with Crippen molar-refractivity contribution in [2.75, 3.05) is 12.3 Å². The Kier molecular flexibility index (Phi) is 18.7. The number of benzene rings is 1. The van der Waals surface area contributed by atoms with Crippen molar-refractivity contribution in [3.05, 3.63) is 88.6 Å². The average molecular weight is 707 g/mol. The number of aryl methyl sites for hydroxylation is 1. The van der Waals surface area contributed by atoms with E-state index in [1.807, 2.05) is 34.6 Å². The highest BCUT2D eigenvalue weighted by molar-refractivity contribution is 5.99. The van der Waals surface area contributed by atoms with Gasteiger partial charge in [0, 0.05) is 59.6 Å². The van der Waals surface area contributed by atoms with Gasteiger partial charge in [0.15, 0.2) is 11.6 Å². The first-order valence-corrected chi connectivity index (χ1v) is 17.8. The van der Waals surface area contributed by atoms with Crippen LogP contribution in [0.5, 0.6) is 0 Å². The van der Waals surface area contributed by atoms with Crippen molar-refractivity contribution in [2.24, 2.45) is 16.6 Å². The topological polar surface area (TPSA) is 119 Å². The van der Waals surface area contributed by atoms with E-state index < -0.39 is 18.3 Å². The first-order chi connectivity index (χ1) is 24.4. The zero-order chi connectivity index (χ0) is 38.9. The molecule has 2 heterocycles. The molecule has 2 saturated carbocycles. The molecule has 0 aliphatic heterocycles. The fraction of sp³-hybridized carbons (Fsp3) is 0.463. The van der Waals surface area contributed by atoms with Gasteiger partial charge in [-0.15, -0.1) is 13.2 Å². The van der Waals surface area contributed by atoms with Crippen LogP contribution in [0, 0.1) is 38.1 Å². The molecule has 278 valence electrons. The van der Waals surface area contributed by atoms with Crippen molar-refractivity contribution in [3.8, 4) is 23.7 Å². The van der Waals surface area contributed by atoms with Crippen LogP contribution in [-0.2, 0) is 6.67 Å². The van der Waals surface area contributed by atoms with Crippen LogP contribution in [0.1, 0.15) is 129 Å². The number of nitrogens with two attached hydrogens (primary N) is 2. The Morgan fingerprint density at radius 3 is 2.31 bits per heavy atom. The average Bonchev–Trinajstić information content (AvgIpc) is 4.10. The number of rotatable bonds is 11. The highest BCUT2D eigenvalue weighted by Gasteiger charge is 2.42. The van der Waals surface area contributed by atoms with E-state index >= 15 is 4.39 Å². The van der Waals surface area contributed by atoms with Crippen LogP contribution < -0.4 is 16.8 Å². The predicted octanol–water partition coefficient (Wildman–Crippen LogP) is 9.66. The molecule has 2 atom stereocenters. The van der Waals surface area contributed by atoms with Crippen molar-refractivity contribution in [1.82, 2.24) is 15.3 Å². The third-order valence-corrected chi connectivity index (χ3v) is 8.61. The number of anilines is 1. The molecule has 0 radical (unpaired) electrons. The molecule has 10 heteroatoms.